The van der Waals surface area contributed by atoms with Crippen LogP contribution >= 0.6 is 0 Å². The van der Waals surface area contributed by atoms with Crippen LogP contribution in [0.5, 0.6) is 0 Å². The number of imide groups is 1. The molecule has 2 fully saturated rings. The maximum Gasteiger partial charge on any atom is 0.233 e. The summed E-state index contributed by atoms with van der Waals surface area (Å²) in [6, 6.07) is 9.75. The quantitative estimate of drug-likeness (QED) is 0.764. The highest BCUT2D eigenvalue weighted by Crippen LogP contribution is 2.40. The van der Waals surface area contributed by atoms with Gasteiger partial charge >= 0.3 is 0 Å². The molecule has 3 nitrogen and oxygen atoms in total. The summed E-state index contributed by atoms with van der Waals surface area (Å²) in [4.78, 5) is 26.2. The highest BCUT2D eigenvalue weighted by molar-refractivity contribution is 6.05. The zero-order valence-electron chi connectivity index (χ0n) is 11.2. The molecule has 0 bridgehead atoms. The van der Waals surface area contributed by atoms with Gasteiger partial charge in [-0.25, -0.2) is 0 Å². The fourth-order valence-corrected chi connectivity index (χ4v) is 3.38. The van der Waals surface area contributed by atoms with E-state index in [0.717, 1.165) is 24.8 Å². The molecule has 1 saturated heterocycles. The number of nitrogens with zero attached hydrogens (tertiary/aromatic N) is 1. The van der Waals surface area contributed by atoms with Crippen molar-refractivity contribution in [3.05, 3.63) is 35.9 Å². The lowest BCUT2D eigenvalue weighted by atomic mass is 9.76. The van der Waals surface area contributed by atoms with Crippen LogP contribution in [0.3, 0.4) is 0 Å². The Labute approximate surface area is 113 Å². The molecule has 1 aliphatic heterocycles. The lowest BCUT2D eigenvalue weighted by molar-refractivity contribution is -0.140. The van der Waals surface area contributed by atoms with E-state index in [9.17, 15) is 9.59 Å². The molecule has 3 rings (SSSR count). The molecule has 100 valence electrons. The molecule has 1 aliphatic carbocycles. The number of fused-ring (bicyclic) bond motifs is 1. The number of rotatable bonds is 2. The van der Waals surface area contributed by atoms with E-state index in [1.165, 1.54) is 4.90 Å². The van der Waals surface area contributed by atoms with E-state index in [4.69, 9.17) is 0 Å². The van der Waals surface area contributed by atoms with Crippen molar-refractivity contribution in [2.45, 2.75) is 32.7 Å². The molecule has 19 heavy (non-hydrogen) atoms. The molecular weight excluding hydrogens is 238 g/mol. The monoisotopic (exact) mass is 257 g/mol. The summed E-state index contributed by atoms with van der Waals surface area (Å²) < 4.78 is 0. The maximum atomic E-state index is 12.4. The third-order valence-corrected chi connectivity index (χ3v) is 4.46. The van der Waals surface area contributed by atoms with Crippen LogP contribution in [-0.2, 0) is 16.1 Å². The number of benzene rings is 1. The van der Waals surface area contributed by atoms with Crippen LogP contribution in [0.1, 0.15) is 31.7 Å². The molecule has 1 saturated carbocycles. The van der Waals surface area contributed by atoms with E-state index in [0.29, 0.717) is 12.5 Å². The summed E-state index contributed by atoms with van der Waals surface area (Å²) in [6.45, 7) is 2.60. The van der Waals surface area contributed by atoms with E-state index in [-0.39, 0.29) is 23.7 Å². The highest BCUT2D eigenvalue weighted by atomic mass is 16.2. The number of hydrogen-bond donors (Lipinski definition) is 0. The normalized spacial score (nSPS) is 30.6. The van der Waals surface area contributed by atoms with Crippen LogP contribution in [-0.4, -0.2) is 16.7 Å². The first-order chi connectivity index (χ1) is 9.16. The van der Waals surface area contributed by atoms with Crippen molar-refractivity contribution in [2.75, 3.05) is 0 Å². The number of carbonyl (C=O) groups excluding carboxylic acids is 2. The molecule has 0 unspecified atom stereocenters. The first-order valence-corrected chi connectivity index (χ1v) is 7.06. The van der Waals surface area contributed by atoms with Crippen LogP contribution in [0.25, 0.3) is 0 Å². The molecule has 2 amide bonds. The Morgan fingerprint density at radius 1 is 1.05 bits per heavy atom. The van der Waals surface area contributed by atoms with Crippen molar-refractivity contribution in [1.82, 2.24) is 4.90 Å². The summed E-state index contributed by atoms with van der Waals surface area (Å²) in [7, 11) is 0. The van der Waals surface area contributed by atoms with Crippen LogP contribution in [0.15, 0.2) is 30.3 Å². The minimum Gasteiger partial charge on any atom is -0.278 e. The van der Waals surface area contributed by atoms with Gasteiger partial charge in [0.25, 0.3) is 0 Å². The molecule has 1 heterocycles. The Kier molecular flexibility index (Phi) is 3.13. The summed E-state index contributed by atoms with van der Waals surface area (Å²) in [5.74, 6) is 0.554. The second-order valence-corrected chi connectivity index (χ2v) is 5.88. The lowest BCUT2D eigenvalue weighted by Gasteiger charge is -2.25. The van der Waals surface area contributed by atoms with E-state index >= 15 is 0 Å². The number of amides is 2. The Morgan fingerprint density at radius 3 is 2.47 bits per heavy atom. The topological polar surface area (TPSA) is 37.4 Å². The molecule has 0 radical (unpaired) electrons. The molecule has 3 heteroatoms. The second-order valence-electron chi connectivity index (χ2n) is 5.88. The predicted octanol–water partition coefficient (Wildman–Crippen LogP) is 2.61. The van der Waals surface area contributed by atoms with Crippen molar-refractivity contribution in [3.63, 3.8) is 0 Å². The highest BCUT2D eigenvalue weighted by Gasteiger charge is 2.49. The third kappa shape index (κ3) is 2.18. The van der Waals surface area contributed by atoms with Gasteiger partial charge in [-0.2, -0.15) is 0 Å². The van der Waals surface area contributed by atoms with Gasteiger partial charge in [0.2, 0.25) is 11.8 Å². The minimum atomic E-state index is -0.0556. The van der Waals surface area contributed by atoms with Crippen molar-refractivity contribution in [1.29, 1.82) is 0 Å². The molecule has 3 atom stereocenters. The Bertz CT molecular complexity index is 497. The number of carbonyl (C=O) groups is 2. The largest absolute Gasteiger partial charge is 0.278 e. The predicted molar refractivity (Wildman–Crippen MR) is 72.0 cm³/mol. The number of hydrogen-bond acceptors (Lipinski definition) is 2. The lowest BCUT2D eigenvalue weighted by Crippen LogP contribution is -2.30. The van der Waals surface area contributed by atoms with Gasteiger partial charge in [0.1, 0.15) is 0 Å². The van der Waals surface area contributed by atoms with Gasteiger partial charge in [0.05, 0.1) is 18.4 Å². The van der Waals surface area contributed by atoms with Crippen molar-refractivity contribution in [3.8, 4) is 0 Å². The van der Waals surface area contributed by atoms with Gasteiger partial charge in [-0.05, 0) is 30.7 Å². The van der Waals surface area contributed by atoms with Crippen LogP contribution in [0, 0.1) is 17.8 Å². The summed E-state index contributed by atoms with van der Waals surface area (Å²) in [5.41, 5.74) is 1.02. The van der Waals surface area contributed by atoms with Gasteiger partial charge in [0, 0.05) is 0 Å². The SMILES string of the molecule is C[C@@H]1CC[C@@H]2C(=O)N(Cc3ccccc3)C(=O)[C@H]2C1. The van der Waals surface area contributed by atoms with E-state index in [1.807, 2.05) is 30.3 Å². The van der Waals surface area contributed by atoms with Crippen LogP contribution < -0.4 is 0 Å². The molecule has 2 aliphatic rings. The van der Waals surface area contributed by atoms with Gasteiger partial charge < -0.3 is 0 Å². The smallest absolute Gasteiger partial charge is 0.233 e. The summed E-state index contributed by atoms with van der Waals surface area (Å²) in [6.07, 6.45) is 2.82. The third-order valence-electron chi connectivity index (χ3n) is 4.46. The zero-order chi connectivity index (χ0) is 13.4. The Balaban J connectivity index is 1.80. The fourth-order valence-electron chi connectivity index (χ4n) is 3.38. The molecule has 0 N–H and O–H groups in total. The van der Waals surface area contributed by atoms with Gasteiger partial charge in [-0.15, -0.1) is 0 Å². The van der Waals surface area contributed by atoms with Gasteiger partial charge in [-0.3, -0.25) is 14.5 Å². The molecule has 0 spiro atoms. The average Bonchev–Trinajstić information content (AvgIpc) is 2.65. The van der Waals surface area contributed by atoms with E-state index < -0.39 is 0 Å². The Hall–Kier alpha value is -1.64. The van der Waals surface area contributed by atoms with E-state index in [1.54, 1.807) is 0 Å². The molecule has 1 aromatic carbocycles. The first-order valence-electron chi connectivity index (χ1n) is 7.06. The minimum absolute atomic E-state index is 0.0467. The second kappa shape index (κ2) is 4.80. The van der Waals surface area contributed by atoms with Gasteiger partial charge in [0.15, 0.2) is 0 Å². The van der Waals surface area contributed by atoms with Crippen LogP contribution in [0.4, 0.5) is 0 Å². The van der Waals surface area contributed by atoms with Gasteiger partial charge in [-0.1, -0.05) is 37.3 Å². The Morgan fingerprint density at radius 2 is 1.74 bits per heavy atom. The maximum absolute atomic E-state index is 12.4. The van der Waals surface area contributed by atoms with Crippen molar-refractivity contribution >= 4 is 11.8 Å². The summed E-state index contributed by atoms with van der Waals surface area (Å²) >= 11 is 0. The fraction of sp³-hybridized carbons (Fsp3) is 0.500. The average molecular weight is 257 g/mol. The zero-order valence-corrected chi connectivity index (χ0v) is 11.2. The molecule has 0 aromatic heterocycles. The standard InChI is InChI=1S/C16H19NO2/c1-11-7-8-13-14(9-11)16(19)17(15(13)18)10-12-5-3-2-4-6-12/h2-6,11,13-14H,7-10H2,1H3/t11-,13+,14+/m1/s1. The molecule has 1 aromatic rings. The number of likely N-dealkylation sites (tertiary alicyclic amines) is 1. The van der Waals surface area contributed by atoms with Crippen molar-refractivity contribution in [2.24, 2.45) is 17.8 Å². The first kappa shape index (κ1) is 12.4. The van der Waals surface area contributed by atoms with Crippen molar-refractivity contribution < 1.29 is 9.59 Å². The summed E-state index contributed by atoms with van der Waals surface area (Å²) in [5, 5.41) is 0. The van der Waals surface area contributed by atoms with Crippen LogP contribution in [0.2, 0.25) is 0 Å². The van der Waals surface area contributed by atoms with E-state index in [2.05, 4.69) is 6.92 Å². The molecular formula is C16H19NO2.